The van der Waals surface area contributed by atoms with Crippen LogP contribution in [0.25, 0.3) is 11.0 Å². The van der Waals surface area contributed by atoms with E-state index in [4.69, 9.17) is 11.6 Å². The van der Waals surface area contributed by atoms with Crippen molar-refractivity contribution < 1.29 is 9.90 Å². The van der Waals surface area contributed by atoms with E-state index in [0.717, 1.165) is 18.2 Å². The van der Waals surface area contributed by atoms with Crippen molar-refractivity contribution in [3.63, 3.8) is 0 Å². The number of carboxylic acid groups (broad SMARTS) is 1. The van der Waals surface area contributed by atoms with E-state index in [1.807, 2.05) is 6.92 Å². The zero-order chi connectivity index (χ0) is 15.0. The Balaban J connectivity index is 1.82. The summed E-state index contributed by atoms with van der Waals surface area (Å²) >= 11 is 6.14. The van der Waals surface area contributed by atoms with Gasteiger partial charge in [0.1, 0.15) is 17.8 Å². The maximum absolute atomic E-state index is 11.2. The van der Waals surface area contributed by atoms with Crippen LogP contribution in [0.5, 0.6) is 0 Å². The minimum atomic E-state index is -0.887. The molecule has 1 saturated heterocycles. The minimum absolute atomic E-state index is 0.0152. The van der Waals surface area contributed by atoms with Crippen molar-refractivity contribution in [2.45, 2.75) is 31.8 Å². The number of likely N-dealkylation sites (tertiary alicyclic amines) is 1. The molecule has 0 bridgehead atoms. The van der Waals surface area contributed by atoms with Gasteiger partial charge >= 0.3 is 6.09 Å². The Morgan fingerprint density at radius 3 is 3.10 bits per heavy atom. The Morgan fingerprint density at radius 2 is 2.33 bits per heavy atom. The van der Waals surface area contributed by atoms with Crippen LogP contribution in [0, 0.1) is 0 Å². The lowest BCUT2D eigenvalue weighted by Gasteiger charge is -2.36. The van der Waals surface area contributed by atoms with E-state index in [1.54, 1.807) is 6.20 Å². The lowest BCUT2D eigenvalue weighted by molar-refractivity contribution is 0.108. The average Bonchev–Trinajstić information content (AvgIpc) is 2.83. The second-order valence-electron chi connectivity index (χ2n) is 5.29. The van der Waals surface area contributed by atoms with Crippen LogP contribution in [-0.2, 0) is 0 Å². The molecule has 2 aromatic rings. The molecule has 3 heterocycles. The van der Waals surface area contributed by atoms with Gasteiger partial charge in [0.2, 0.25) is 0 Å². The smallest absolute Gasteiger partial charge is 0.407 e. The lowest BCUT2D eigenvalue weighted by atomic mass is 10.00. The number of hydrogen-bond donors (Lipinski definition) is 3. The summed E-state index contributed by atoms with van der Waals surface area (Å²) in [4.78, 5) is 24.0. The third kappa shape index (κ3) is 2.61. The Labute approximate surface area is 126 Å². The molecule has 1 aliphatic heterocycles. The topological polar surface area (TPSA) is 94.1 Å². The molecule has 7 nitrogen and oxygen atoms in total. The number of nitrogens with zero attached hydrogens (tertiary/aromatic N) is 3. The number of halogens is 1. The van der Waals surface area contributed by atoms with Crippen LogP contribution in [0.2, 0.25) is 5.02 Å². The molecule has 8 heteroatoms. The molecule has 2 unspecified atom stereocenters. The Morgan fingerprint density at radius 1 is 1.52 bits per heavy atom. The number of fused-ring (bicyclic) bond motifs is 1. The van der Waals surface area contributed by atoms with Crippen LogP contribution in [0.1, 0.15) is 19.8 Å². The van der Waals surface area contributed by atoms with E-state index in [1.165, 1.54) is 11.2 Å². The molecule has 3 N–H and O–H groups in total. The van der Waals surface area contributed by atoms with Gasteiger partial charge in [0.05, 0.1) is 10.4 Å². The number of piperidine rings is 1. The monoisotopic (exact) mass is 309 g/mol. The Hall–Kier alpha value is -2.02. The average molecular weight is 310 g/mol. The van der Waals surface area contributed by atoms with Gasteiger partial charge in [-0.15, -0.1) is 0 Å². The van der Waals surface area contributed by atoms with Gasteiger partial charge in [-0.25, -0.2) is 14.8 Å². The van der Waals surface area contributed by atoms with Gasteiger partial charge in [0.25, 0.3) is 0 Å². The minimum Gasteiger partial charge on any atom is -0.465 e. The first-order valence-electron chi connectivity index (χ1n) is 6.80. The number of rotatable bonds is 2. The van der Waals surface area contributed by atoms with Gasteiger partial charge in [-0.3, -0.25) is 0 Å². The zero-order valence-corrected chi connectivity index (χ0v) is 12.3. The van der Waals surface area contributed by atoms with Crippen LogP contribution in [0.3, 0.4) is 0 Å². The third-order valence-electron chi connectivity index (χ3n) is 3.89. The number of carbonyl (C=O) groups is 1. The molecular formula is C13H16ClN5O2. The maximum atomic E-state index is 11.2. The van der Waals surface area contributed by atoms with Crippen molar-refractivity contribution in [3.05, 3.63) is 17.5 Å². The molecule has 0 aromatic carbocycles. The fraction of sp³-hybridized carbons (Fsp3) is 0.462. The molecule has 0 radical (unpaired) electrons. The van der Waals surface area contributed by atoms with E-state index < -0.39 is 6.09 Å². The predicted molar refractivity (Wildman–Crippen MR) is 79.7 cm³/mol. The van der Waals surface area contributed by atoms with Crippen LogP contribution in [0.15, 0.2) is 12.5 Å². The molecule has 2 atom stereocenters. The number of nitrogens with one attached hydrogen (secondary N) is 2. The van der Waals surface area contributed by atoms with Crippen LogP contribution in [0.4, 0.5) is 10.6 Å². The SMILES string of the molecule is CC1CCC(Nc2ncnc3[nH]cc(Cl)c23)CN1C(=O)O. The van der Waals surface area contributed by atoms with E-state index in [9.17, 15) is 9.90 Å². The summed E-state index contributed by atoms with van der Waals surface area (Å²) in [5.41, 5.74) is 0.664. The van der Waals surface area contributed by atoms with E-state index in [2.05, 4.69) is 20.3 Å². The second kappa shape index (κ2) is 5.40. The van der Waals surface area contributed by atoms with E-state index >= 15 is 0 Å². The number of aromatic nitrogens is 3. The summed E-state index contributed by atoms with van der Waals surface area (Å²) in [6.07, 6.45) is 3.94. The molecular weight excluding hydrogens is 294 g/mol. The van der Waals surface area contributed by atoms with Gasteiger partial charge in [0.15, 0.2) is 0 Å². The molecule has 1 fully saturated rings. The summed E-state index contributed by atoms with van der Waals surface area (Å²) in [5.74, 6) is 0.635. The highest BCUT2D eigenvalue weighted by molar-refractivity contribution is 6.36. The molecule has 2 aromatic heterocycles. The molecule has 1 amide bonds. The summed E-state index contributed by atoms with van der Waals surface area (Å²) in [6.45, 7) is 2.36. The van der Waals surface area contributed by atoms with E-state index in [-0.39, 0.29) is 12.1 Å². The Kier molecular flexibility index (Phi) is 3.59. The number of aromatic amines is 1. The number of H-pyrrole nitrogens is 1. The first-order chi connectivity index (χ1) is 10.1. The summed E-state index contributed by atoms with van der Waals surface area (Å²) in [6, 6.07) is 0.0585. The normalized spacial score (nSPS) is 22.5. The van der Waals surface area contributed by atoms with Gasteiger partial charge in [0, 0.05) is 24.8 Å². The number of anilines is 1. The summed E-state index contributed by atoms with van der Waals surface area (Å²) in [7, 11) is 0. The predicted octanol–water partition coefficient (Wildman–Crippen LogP) is 2.55. The molecule has 0 spiro atoms. The van der Waals surface area contributed by atoms with Crippen molar-refractivity contribution in [1.82, 2.24) is 19.9 Å². The highest BCUT2D eigenvalue weighted by atomic mass is 35.5. The fourth-order valence-electron chi connectivity index (χ4n) is 2.72. The van der Waals surface area contributed by atoms with Crippen LogP contribution in [-0.4, -0.2) is 49.7 Å². The molecule has 112 valence electrons. The van der Waals surface area contributed by atoms with Crippen LogP contribution < -0.4 is 5.32 Å². The molecule has 21 heavy (non-hydrogen) atoms. The van der Waals surface area contributed by atoms with Gasteiger partial charge in [-0.2, -0.15) is 0 Å². The molecule has 0 saturated carbocycles. The third-order valence-corrected chi connectivity index (χ3v) is 4.19. The van der Waals surface area contributed by atoms with Crippen molar-refractivity contribution >= 4 is 34.5 Å². The highest BCUT2D eigenvalue weighted by Crippen LogP contribution is 2.29. The first-order valence-corrected chi connectivity index (χ1v) is 7.17. The van der Waals surface area contributed by atoms with Crippen molar-refractivity contribution in [1.29, 1.82) is 0 Å². The molecule has 3 rings (SSSR count). The summed E-state index contributed by atoms with van der Waals surface area (Å²) < 4.78 is 0. The molecule has 0 aliphatic carbocycles. The maximum Gasteiger partial charge on any atom is 0.407 e. The van der Waals surface area contributed by atoms with Gasteiger partial charge in [-0.1, -0.05) is 11.6 Å². The van der Waals surface area contributed by atoms with Gasteiger partial charge in [-0.05, 0) is 19.8 Å². The van der Waals surface area contributed by atoms with Crippen LogP contribution >= 0.6 is 11.6 Å². The molecule has 1 aliphatic rings. The largest absolute Gasteiger partial charge is 0.465 e. The first kappa shape index (κ1) is 13.9. The second-order valence-corrected chi connectivity index (χ2v) is 5.69. The fourth-order valence-corrected chi connectivity index (χ4v) is 2.95. The number of hydrogen-bond acceptors (Lipinski definition) is 4. The zero-order valence-electron chi connectivity index (χ0n) is 11.5. The van der Waals surface area contributed by atoms with Crippen molar-refractivity contribution in [2.75, 3.05) is 11.9 Å². The standard InChI is InChI=1S/C13H16ClN5O2/c1-7-2-3-8(5-19(7)13(20)21)18-12-10-9(14)4-15-11(10)16-6-17-12/h4,6-8H,2-3,5H2,1H3,(H,20,21)(H2,15,16,17,18). The number of amides is 1. The van der Waals surface area contributed by atoms with Gasteiger partial charge < -0.3 is 20.3 Å². The lowest BCUT2D eigenvalue weighted by Crippen LogP contribution is -2.49. The quantitative estimate of drug-likeness (QED) is 0.792. The summed E-state index contributed by atoms with van der Waals surface area (Å²) in [5, 5.41) is 13.8. The Bertz CT molecular complexity index is 674. The van der Waals surface area contributed by atoms with E-state index in [0.29, 0.717) is 23.0 Å². The van der Waals surface area contributed by atoms with Crippen molar-refractivity contribution in [3.8, 4) is 0 Å². The van der Waals surface area contributed by atoms with Crippen molar-refractivity contribution in [2.24, 2.45) is 0 Å². The highest BCUT2D eigenvalue weighted by Gasteiger charge is 2.29.